The largest absolute Gasteiger partial charge is 0.440 e. The van der Waals surface area contributed by atoms with Gasteiger partial charge in [0.2, 0.25) is 0 Å². The fraction of sp³-hybridized carbons (Fsp3) is 1.00. The highest BCUT2D eigenvalue weighted by Crippen LogP contribution is 2.53. The molecule has 1 aliphatic rings. The Balaban J connectivity index is 2.32. The monoisotopic (exact) mass is 242 g/mol. The van der Waals surface area contributed by atoms with Crippen molar-refractivity contribution in [2.45, 2.75) is 6.92 Å². The van der Waals surface area contributed by atoms with Crippen molar-refractivity contribution in [3.8, 4) is 0 Å². The Kier molecular flexibility index (Phi) is 4.83. The van der Waals surface area contributed by atoms with Gasteiger partial charge in [0.25, 0.3) is 0 Å². The van der Waals surface area contributed by atoms with Crippen LogP contribution in [0.2, 0.25) is 0 Å². The minimum absolute atomic E-state index is 0.702. The molecule has 0 radical (unpaired) electrons. The average molecular weight is 243 g/mol. The van der Waals surface area contributed by atoms with Gasteiger partial charge in [-0.05, 0) is 6.54 Å². The third-order valence-electron chi connectivity index (χ3n) is 2.21. The first-order chi connectivity index (χ1) is 6.57. The van der Waals surface area contributed by atoms with Crippen molar-refractivity contribution in [2.24, 2.45) is 0 Å². The van der Waals surface area contributed by atoms with Crippen molar-refractivity contribution >= 4 is 18.2 Å². The van der Waals surface area contributed by atoms with Crippen LogP contribution in [0.3, 0.4) is 0 Å². The summed E-state index contributed by atoms with van der Waals surface area (Å²) in [5.74, 6) is 0. The van der Waals surface area contributed by atoms with Crippen LogP contribution in [-0.2, 0) is 13.7 Å². The molecule has 14 heavy (non-hydrogen) atoms. The van der Waals surface area contributed by atoms with E-state index in [0.29, 0.717) is 13.1 Å². The summed E-state index contributed by atoms with van der Waals surface area (Å²) in [6.07, 6.45) is 0. The molecule has 0 aromatic carbocycles. The van der Waals surface area contributed by atoms with E-state index >= 15 is 0 Å². The molecule has 7 heteroatoms. The number of likely N-dealkylation sites (N-methyl/N-ethyl adjacent to an activating group) is 1. The third-order valence-corrected chi connectivity index (χ3v) is 3.67. The van der Waals surface area contributed by atoms with Crippen LogP contribution in [0.15, 0.2) is 0 Å². The summed E-state index contributed by atoms with van der Waals surface area (Å²) in [7, 11) is 1.27. The Labute approximate surface area is 89.2 Å². The van der Waals surface area contributed by atoms with Crippen molar-refractivity contribution in [3.05, 3.63) is 0 Å². The van der Waals surface area contributed by atoms with E-state index in [2.05, 4.69) is 16.3 Å². The molecule has 0 bridgehead atoms. The number of nitrogens with zero attached hydrogens (tertiary/aromatic N) is 2. The summed E-state index contributed by atoms with van der Waals surface area (Å²) in [5.41, 5.74) is 0. The first-order valence-corrected chi connectivity index (χ1v) is 7.04. The lowest BCUT2D eigenvalue weighted by Gasteiger charge is -2.33. The van der Waals surface area contributed by atoms with Gasteiger partial charge >= 0.3 is 6.95 Å². The quantitative estimate of drug-likeness (QED) is 0.700. The fourth-order valence-electron chi connectivity index (χ4n) is 1.30. The number of hydrogen-bond acceptors (Lipinski definition) is 5. The molecule has 1 saturated heterocycles. The van der Waals surface area contributed by atoms with Crippen molar-refractivity contribution < 1.29 is 13.7 Å². The van der Waals surface area contributed by atoms with Gasteiger partial charge in [-0.1, -0.05) is 6.92 Å². The zero-order valence-electron chi connectivity index (χ0n) is 8.48. The lowest BCUT2D eigenvalue weighted by molar-refractivity contribution is -0.0926. The molecule has 0 aromatic heterocycles. The predicted molar refractivity (Wildman–Crippen MR) is 55.2 cm³/mol. The maximum absolute atomic E-state index is 11.3. The fourth-order valence-corrected chi connectivity index (χ4v) is 2.07. The summed E-state index contributed by atoms with van der Waals surface area (Å²) in [6, 6.07) is 0. The van der Waals surface area contributed by atoms with E-state index in [-0.39, 0.29) is 0 Å². The lowest BCUT2D eigenvalue weighted by Crippen LogP contribution is -2.45. The van der Waals surface area contributed by atoms with Crippen LogP contribution in [0.1, 0.15) is 6.92 Å². The molecule has 0 amide bonds. The summed E-state index contributed by atoms with van der Waals surface area (Å²) in [4.78, 5) is 2.28. The first kappa shape index (κ1) is 12.4. The predicted octanol–water partition coefficient (Wildman–Crippen LogP) is 1.55. The summed E-state index contributed by atoms with van der Waals surface area (Å²) >= 11 is 5.48. The number of piperazine rings is 1. The van der Waals surface area contributed by atoms with E-state index in [4.69, 9.17) is 15.9 Å². The summed E-state index contributed by atoms with van der Waals surface area (Å²) < 4.78 is 20.8. The molecule has 84 valence electrons. The zero-order chi connectivity index (χ0) is 10.6. The van der Waals surface area contributed by atoms with E-state index in [0.717, 1.165) is 19.6 Å². The third kappa shape index (κ3) is 3.85. The molecule has 0 aliphatic carbocycles. The normalized spacial score (nSPS) is 24.8. The standard InChI is InChI=1S/C7H16ClN2O3P/c1-3-9-4-6-10(7-5-9)13-14(8,11)12-2/h3-7H2,1-2H3. The Hall–Kier alpha value is 0.360. The highest BCUT2D eigenvalue weighted by atomic mass is 35.7. The molecule has 5 nitrogen and oxygen atoms in total. The van der Waals surface area contributed by atoms with Crippen LogP contribution in [0.25, 0.3) is 0 Å². The van der Waals surface area contributed by atoms with Gasteiger partial charge in [-0.3, -0.25) is 4.52 Å². The van der Waals surface area contributed by atoms with E-state index in [1.54, 1.807) is 5.06 Å². The first-order valence-electron chi connectivity index (χ1n) is 4.60. The van der Waals surface area contributed by atoms with Crippen LogP contribution < -0.4 is 0 Å². The van der Waals surface area contributed by atoms with E-state index in [1.807, 2.05) is 0 Å². The Bertz CT molecular complexity index is 221. The molecular formula is C7H16ClN2O3P. The Morgan fingerprint density at radius 2 is 1.93 bits per heavy atom. The molecule has 1 aliphatic heterocycles. The van der Waals surface area contributed by atoms with Crippen molar-refractivity contribution in [3.63, 3.8) is 0 Å². The van der Waals surface area contributed by atoms with Gasteiger partial charge in [-0.25, -0.2) is 9.19 Å². The van der Waals surface area contributed by atoms with Gasteiger partial charge in [-0.2, -0.15) is 5.06 Å². The zero-order valence-corrected chi connectivity index (χ0v) is 10.1. The van der Waals surface area contributed by atoms with Crippen molar-refractivity contribution in [1.29, 1.82) is 0 Å². The Morgan fingerprint density at radius 3 is 2.36 bits per heavy atom. The van der Waals surface area contributed by atoms with E-state index < -0.39 is 6.95 Å². The number of rotatable bonds is 4. The van der Waals surface area contributed by atoms with Crippen LogP contribution in [-0.4, -0.2) is 49.8 Å². The summed E-state index contributed by atoms with van der Waals surface area (Å²) in [5, 5.41) is 1.60. The number of halogens is 1. The second-order valence-electron chi connectivity index (χ2n) is 3.06. The summed E-state index contributed by atoms with van der Waals surface area (Å²) in [6.45, 7) is 2.95. The SMILES string of the molecule is CCN1CCN(OP(=O)(Cl)OC)CC1. The number of hydroxylamine groups is 2. The highest BCUT2D eigenvalue weighted by Gasteiger charge is 2.26. The molecule has 0 aromatic rings. The second-order valence-corrected chi connectivity index (χ2v) is 5.69. The molecule has 1 unspecified atom stereocenters. The Morgan fingerprint density at radius 1 is 1.36 bits per heavy atom. The van der Waals surface area contributed by atoms with Gasteiger partial charge in [0.15, 0.2) is 0 Å². The molecule has 1 heterocycles. The van der Waals surface area contributed by atoms with Gasteiger partial charge in [-0.15, -0.1) is 0 Å². The molecule has 0 saturated carbocycles. The van der Waals surface area contributed by atoms with Gasteiger partial charge in [0.1, 0.15) is 0 Å². The maximum Gasteiger partial charge on any atom is 0.440 e. The minimum Gasteiger partial charge on any atom is -0.301 e. The van der Waals surface area contributed by atoms with Gasteiger partial charge < -0.3 is 4.90 Å². The minimum atomic E-state index is -3.39. The van der Waals surface area contributed by atoms with Crippen LogP contribution in [0.4, 0.5) is 0 Å². The van der Waals surface area contributed by atoms with Crippen LogP contribution in [0, 0.1) is 0 Å². The smallest absolute Gasteiger partial charge is 0.301 e. The van der Waals surface area contributed by atoms with Crippen molar-refractivity contribution in [2.75, 3.05) is 39.8 Å². The van der Waals surface area contributed by atoms with Gasteiger partial charge in [0, 0.05) is 44.5 Å². The van der Waals surface area contributed by atoms with Gasteiger partial charge in [0.05, 0.1) is 0 Å². The molecule has 0 N–H and O–H groups in total. The van der Waals surface area contributed by atoms with E-state index in [9.17, 15) is 4.57 Å². The van der Waals surface area contributed by atoms with Crippen molar-refractivity contribution in [1.82, 2.24) is 9.96 Å². The molecular weight excluding hydrogens is 227 g/mol. The highest BCUT2D eigenvalue weighted by molar-refractivity contribution is 7.81. The average Bonchev–Trinajstić information content (AvgIpc) is 2.19. The molecule has 1 rings (SSSR count). The topological polar surface area (TPSA) is 42.0 Å². The molecule has 0 spiro atoms. The van der Waals surface area contributed by atoms with Crippen LogP contribution >= 0.6 is 18.2 Å². The van der Waals surface area contributed by atoms with Crippen LogP contribution in [0.5, 0.6) is 0 Å². The maximum atomic E-state index is 11.3. The lowest BCUT2D eigenvalue weighted by atomic mass is 10.4. The number of hydrogen-bond donors (Lipinski definition) is 0. The van der Waals surface area contributed by atoms with E-state index in [1.165, 1.54) is 7.11 Å². The second kappa shape index (κ2) is 5.45. The molecule has 1 atom stereocenters. The molecule has 1 fully saturated rings.